The minimum absolute atomic E-state index is 0.0590. The van der Waals surface area contributed by atoms with Crippen LogP contribution in [0.3, 0.4) is 0 Å². The minimum atomic E-state index is -0.295. The fourth-order valence-corrected chi connectivity index (χ4v) is 4.42. The molecule has 1 aromatic carbocycles. The molecular weight excluding hydrogens is 344 g/mol. The van der Waals surface area contributed by atoms with E-state index in [-0.39, 0.29) is 29.9 Å². The fourth-order valence-electron chi connectivity index (χ4n) is 4.42. The van der Waals surface area contributed by atoms with Crippen molar-refractivity contribution in [1.82, 2.24) is 9.80 Å². The van der Waals surface area contributed by atoms with Crippen LogP contribution in [0.1, 0.15) is 35.2 Å². The van der Waals surface area contributed by atoms with Gasteiger partial charge in [-0.05, 0) is 38.3 Å². The molecule has 0 saturated carbocycles. The highest BCUT2D eigenvalue weighted by atomic mass is 16.5. The molecule has 3 aliphatic rings. The van der Waals surface area contributed by atoms with E-state index in [0.29, 0.717) is 26.3 Å². The lowest BCUT2D eigenvalue weighted by Gasteiger charge is -2.50. The SMILES string of the molecule is Cc1cccc(C(=O)N2CC3(C2)OCCC3COCC(=O)N2CCCC2)c1. The van der Waals surface area contributed by atoms with E-state index >= 15 is 0 Å². The van der Waals surface area contributed by atoms with Crippen LogP contribution < -0.4 is 0 Å². The summed E-state index contributed by atoms with van der Waals surface area (Å²) in [5, 5.41) is 0. The Hall–Kier alpha value is -1.92. The molecule has 0 aromatic heterocycles. The van der Waals surface area contributed by atoms with Crippen LogP contribution in [0, 0.1) is 12.8 Å². The Morgan fingerprint density at radius 3 is 2.74 bits per heavy atom. The number of hydrogen-bond donors (Lipinski definition) is 0. The Bertz CT molecular complexity index is 708. The third-order valence-electron chi connectivity index (χ3n) is 6.07. The Balaban J connectivity index is 1.27. The van der Waals surface area contributed by atoms with Crippen LogP contribution in [-0.4, -0.2) is 73.2 Å². The second kappa shape index (κ2) is 7.60. The molecule has 3 aliphatic heterocycles. The summed E-state index contributed by atoms with van der Waals surface area (Å²) in [5.41, 5.74) is 1.52. The highest BCUT2D eigenvalue weighted by Crippen LogP contribution is 2.40. The Labute approximate surface area is 160 Å². The molecule has 0 N–H and O–H groups in total. The first-order chi connectivity index (χ1) is 13.1. The van der Waals surface area contributed by atoms with Gasteiger partial charge in [0.25, 0.3) is 5.91 Å². The first-order valence-corrected chi connectivity index (χ1v) is 9.93. The maximum absolute atomic E-state index is 12.7. The van der Waals surface area contributed by atoms with Gasteiger partial charge >= 0.3 is 0 Å². The Morgan fingerprint density at radius 2 is 2.00 bits per heavy atom. The van der Waals surface area contributed by atoms with E-state index in [1.807, 2.05) is 41.0 Å². The van der Waals surface area contributed by atoms with E-state index in [9.17, 15) is 9.59 Å². The van der Waals surface area contributed by atoms with Gasteiger partial charge in [-0.15, -0.1) is 0 Å². The number of benzene rings is 1. The van der Waals surface area contributed by atoms with E-state index in [4.69, 9.17) is 9.47 Å². The van der Waals surface area contributed by atoms with Gasteiger partial charge in [0.1, 0.15) is 12.2 Å². The molecule has 2 amide bonds. The topological polar surface area (TPSA) is 59.1 Å². The van der Waals surface area contributed by atoms with E-state index in [1.165, 1.54) is 0 Å². The predicted octanol–water partition coefficient (Wildman–Crippen LogP) is 1.87. The van der Waals surface area contributed by atoms with Crippen molar-refractivity contribution in [3.63, 3.8) is 0 Å². The van der Waals surface area contributed by atoms with Crippen LogP contribution in [0.25, 0.3) is 0 Å². The van der Waals surface area contributed by atoms with Crippen LogP contribution in [-0.2, 0) is 14.3 Å². The van der Waals surface area contributed by atoms with E-state index < -0.39 is 0 Å². The summed E-state index contributed by atoms with van der Waals surface area (Å²) >= 11 is 0. The average Bonchev–Trinajstić information content (AvgIpc) is 3.30. The van der Waals surface area contributed by atoms with Gasteiger partial charge in [-0.25, -0.2) is 0 Å². The molecule has 6 heteroatoms. The van der Waals surface area contributed by atoms with Gasteiger partial charge in [0.05, 0.1) is 19.7 Å². The molecule has 1 spiro atoms. The van der Waals surface area contributed by atoms with Crippen molar-refractivity contribution >= 4 is 11.8 Å². The van der Waals surface area contributed by atoms with Crippen molar-refractivity contribution in [1.29, 1.82) is 0 Å². The second-order valence-corrected chi connectivity index (χ2v) is 8.03. The Morgan fingerprint density at radius 1 is 1.22 bits per heavy atom. The molecule has 1 aromatic rings. The van der Waals surface area contributed by atoms with E-state index in [2.05, 4.69) is 0 Å². The molecule has 3 fully saturated rings. The van der Waals surface area contributed by atoms with Crippen molar-refractivity contribution in [3.05, 3.63) is 35.4 Å². The predicted molar refractivity (Wildman–Crippen MR) is 101 cm³/mol. The quantitative estimate of drug-likeness (QED) is 0.792. The number of likely N-dealkylation sites (tertiary alicyclic amines) is 2. The summed E-state index contributed by atoms with van der Waals surface area (Å²) < 4.78 is 11.8. The molecular formula is C21H28N2O4. The first-order valence-electron chi connectivity index (χ1n) is 9.93. The molecule has 0 aliphatic carbocycles. The number of carbonyl (C=O) groups excluding carboxylic acids is 2. The molecule has 6 nitrogen and oxygen atoms in total. The van der Waals surface area contributed by atoms with Gasteiger partial charge in [-0.3, -0.25) is 9.59 Å². The Kier molecular flexibility index (Phi) is 5.19. The summed E-state index contributed by atoms with van der Waals surface area (Å²) in [6.45, 7) is 6.28. The van der Waals surface area contributed by atoms with Crippen molar-refractivity contribution in [3.8, 4) is 0 Å². The van der Waals surface area contributed by atoms with E-state index in [1.54, 1.807) is 0 Å². The highest BCUT2D eigenvalue weighted by molar-refractivity contribution is 5.95. The molecule has 1 atom stereocenters. The minimum Gasteiger partial charge on any atom is -0.371 e. The molecule has 4 rings (SSSR count). The number of carbonyl (C=O) groups is 2. The van der Waals surface area contributed by atoms with Gasteiger partial charge in [-0.1, -0.05) is 17.7 Å². The van der Waals surface area contributed by atoms with Crippen LogP contribution >= 0.6 is 0 Å². The summed E-state index contributed by atoms with van der Waals surface area (Å²) in [7, 11) is 0. The molecule has 27 heavy (non-hydrogen) atoms. The monoisotopic (exact) mass is 372 g/mol. The molecule has 3 heterocycles. The zero-order valence-corrected chi connectivity index (χ0v) is 16.0. The third kappa shape index (κ3) is 3.73. The summed E-state index contributed by atoms with van der Waals surface area (Å²) in [5.74, 6) is 0.388. The van der Waals surface area contributed by atoms with Crippen molar-refractivity contribution < 1.29 is 19.1 Å². The molecule has 146 valence electrons. The van der Waals surface area contributed by atoms with Gasteiger partial charge in [0, 0.05) is 31.2 Å². The van der Waals surface area contributed by atoms with E-state index in [0.717, 1.165) is 43.5 Å². The maximum Gasteiger partial charge on any atom is 0.254 e. The second-order valence-electron chi connectivity index (χ2n) is 8.03. The standard InChI is InChI=1S/C21H28N2O4/c1-16-5-4-6-17(11-16)20(25)23-14-21(15-23)18(7-10-27-21)12-26-13-19(24)22-8-2-3-9-22/h4-6,11,18H,2-3,7-10,12-15H2,1H3. The van der Waals surface area contributed by atoms with Crippen LogP contribution in [0.15, 0.2) is 24.3 Å². The van der Waals surface area contributed by atoms with Crippen LogP contribution in [0.2, 0.25) is 0 Å². The average molecular weight is 372 g/mol. The van der Waals surface area contributed by atoms with Crippen LogP contribution in [0.5, 0.6) is 0 Å². The number of rotatable bonds is 5. The maximum atomic E-state index is 12.7. The smallest absolute Gasteiger partial charge is 0.254 e. The molecule has 0 radical (unpaired) electrons. The lowest BCUT2D eigenvalue weighted by Crippen LogP contribution is -2.66. The number of hydrogen-bond acceptors (Lipinski definition) is 4. The zero-order chi connectivity index (χ0) is 18.9. The summed E-state index contributed by atoms with van der Waals surface area (Å²) in [6.07, 6.45) is 3.11. The first kappa shape index (κ1) is 18.4. The lowest BCUT2D eigenvalue weighted by atomic mass is 9.81. The lowest BCUT2D eigenvalue weighted by molar-refractivity contribution is -0.142. The number of nitrogens with zero attached hydrogens (tertiary/aromatic N) is 2. The summed E-state index contributed by atoms with van der Waals surface area (Å²) in [4.78, 5) is 28.5. The van der Waals surface area contributed by atoms with Crippen molar-refractivity contribution in [2.24, 2.45) is 5.92 Å². The van der Waals surface area contributed by atoms with Gasteiger partial charge < -0.3 is 19.3 Å². The normalized spacial score (nSPS) is 23.7. The zero-order valence-electron chi connectivity index (χ0n) is 16.0. The number of ether oxygens (including phenoxy) is 2. The van der Waals surface area contributed by atoms with Gasteiger partial charge in [0.2, 0.25) is 5.91 Å². The number of amides is 2. The third-order valence-corrected chi connectivity index (χ3v) is 6.07. The van der Waals surface area contributed by atoms with Crippen molar-refractivity contribution in [2.75, 3.05) is 46.0 Å². The van der Waals surface area contributed by atoms with Crippen molar-refractivity contribution in [2.45, 2.75) is 31.8 Å². The number of aryl methyl sites for hydroxylation is 1. The summed E-state index contributed by atoms with van der Waals surface area (Å²) in [6, 6.07) is 7.69. The molecule has 3 saturated heterocycles. The highest BCUT2D eigenvalue weighted by Gasteiger charge is 2.54. The largest absolute Gasteiger partial charge is 0.371 e. The molecule has 0 bridgehead atoms. The molecule has 1 unspecified atom stereocenters. The fraction of sp³-hybridized carbons (Fsp3) is 0.619. The van der Waals surface area contributed by atoms with Gasteiger partial charge in [0.15, 0.2) is 0 Å². The van der Waals surface area contributed by atoms with Gasteiger partial charge in [-0.2, -0.15) is 0 Å². The van der Waals surface area contributed by atoms with Crippen LogP contribution in [0.4, 0.5) is 0 Å².